The van der Waals surface area contributed by atoms with Crippen LogP contribution in [-0.4, -0.2) is 4.98 Å². The number of fused-ring (bicyclic) bond motifs is 1. The molecule has 3 N–H and O–H groups in total. The van der Waals surface area contributed by atoms with Gasteiger partial charge in [0.25, 0.3) is 0 Å². The summed E-state index contributed by atoms with van der Waals surface area (Å²) >= 11 is 4.82. The fourth-order valence-corrected chi connectivity index (χ4v) is 3.08. The number of nitrogens with two attached hydrogens (primary N) is 1. The van der Waals surface area contributed by atoms with E-state index in [4.69, 9.17) is 5.73 Å². The van der Waals surface area contributed by atoms with E-state index in [1.807, 2.05) is 18.2 Å². The normalized spacial score (nSPS) is 10.8. The molecule has 0 unspecified atom stereocenters. The molecule has 0 saturated heterocycles. The van der Waals surface area contributed by atoms with Crippen molar-refractivity contribution in [1.29, 1.82) is 0 Å². The molecule has 3 nitrogen and oxygen atoms in total. The second-order valence-corrected chi connectivity index (χ2v) is 5.88. The highest BCUT2D eigenvalue weighted by Crippen LogP contribution is 2.32. The van der Waals surface area contributed by atoms with Gasteiger partial charge >= 0.3 is 0 Å². The number of anilines is 3. The predicted octanol–water partition coefficient (Wildman–Crippen LogP) is 4.52. The minimum atomic E-state index is -0.283. The zero-order valence-corrected chi connectivity index (χ0v) is 12.1. The molecule has 0 spiro atoms. The van der Waals surface area contributed by atoms with E-state index in [-0.39, 0.29) is 5.82 Å². The molecule has 3 aromatic rings. The van der Waals surface area contributed by atoms with Crippen molar-refractivity contribution in [3.63, 3.8) is 0 Å². The number of thiazole rings is 1. The smallest absolute Gasteiger partial charge is 0.188 e. The second kappa shape index (κ2) is 4.79. The Morgan fingerprint density at radius 1 is 1.21 bits per heavy atom. The quantitative estimate of drug-likeness (QED) is 0.675. The molecule has 3 rings (SSSR count). The number of aromatic nitrogens is 1. The number of hydrogen-bond acceptors (Lipinski definition) is 4. The van der Waals surface area contributed by atoms with Crippen LogP contribution in [0.4, 0.5) is 20.9 Å². The minimum absolute atomic E-state index is 0.283. The molecule has 0 atom stereocenters. The number of hydrogen-bond donors (Lipinski definition) is 2. The molecule has 0 aliphatic rings. The van der Waals surface area contributed by atoms with Crippen LogP contribution in [0, 0.1) is 5.82 Å². The molecule has 96 valence electrons. The van der Waals surface area contributed by atoms with Gasteiger partial charge in [0.15, 0.2) is 5.13 Å². The number of nitrogens with one attached hydrogen (secondary N) is 1. The van der Waals surface area contributed by atoms with Gasteiger partial charge in [-0.1, -0.05) is 11.3 Å². The lowest BCUT2D eigenvalue weighted by atomic mass is 10.3. The van der Waals surface area contributed by atoms with Crippen LogP contribution in [0.25, 0.3) is 10.2 Å². The maximum atomic E-state index is 13.0. The van der Waals surface area contributed by atoms with Crippen LogP contribution < -0.4 is 11.1 Å². The summed E-state index contributed by atoms with van der Waals surface area (Å²) in [6, 6.07) is 10.1. The highest BCUT2D eigenvalue weighted by Gasteiger charge is 2.07. The van der Waals surface area contributed by atoms with Crippen molar-refractivity contribution in [2.45, 2.75) is 0 Å². The molecule has 0 bridgehead atoms. The van der Waals surface area contributed by atoms with E-state index in [9.17, 15) is 4.39 Å². The largest absolute Gasteiger partial charge is 0.399 e. The summed E-state index contributed by atoms with van der Waals surface area (Å²) in [6.07, 6.45) is 0. The Balaban J connectivity index is 1.96. The Bertz CT molecular complexity index is 757. The van der Waals surface area contributed by atoms with Gasteiger partial charge in [-0.15, -0.1) is 0 Å². The van der Waals surface area contributed by atoms with Crippen molar-refractivity contribution < 1.29 is 4.39 Å². The standard InChI is InChI=1S/C13H9BrFN3S/c14-9-5-7(15)1-3-10(9)17-13-18-11-4-2-8(16)6-12(11)19-13/h1-6H,16H2,(H,17,18). The van der Waals surface area contributed by atoms with Gasteiger partial charge in [-0.05, 0) is 52.3 Å². The zero-order chi connectivity index (χ0) is 13.4. The summed E-state index contributed by atoms with van der Waals surface area (Å²) < 4.78 is 14.7. The molecule has 0 fully saturated rings. The lowest BCUT2D eigenvalue weighted by Gasteiger charge is -2.04. The second-order valence-electron chi connectivity index (χ2n) is 4.00. The van der Waals surface area contributed by atoms with Gasteiger partial charge in [-0.2, -0.15) is 0 Å². The molecule has 0 aliphatic heterocycles. The maximum absolute atomic E-state index is 13.0. The monoisotopic (exact) mass is 337 g/mol. The average molecular weight is 338 g/mol. The summed E-state index contributed by atoms with van der Waals surface area (Å²) in [6.45, 7) is 0. The van der Waals surface area contributed by atoms with Crippen molar-refractivity contribution >= 4 is 54.0 Å². The fraction of sp³-hybridized carbons (Fsp3) is 0. The van der Waals surface area contributed by atoms with Crippen LogP contribution in [0.1, 0.15) is 0 Å². The Hall–Kier alpha value is -1.66. The Morgan fingerprint density at radius 3 is 2.84 bits per heavy atom. The van der Waals surface area contributed by atoms with E-state index in [0.29, 0.717) is 10.2 Å². The van der Waals surface area contributed by atoms with Crippen molar-refractivity contribution in [1.82, 2.24) is 4.98 Å². The average Bonchev–Trinajstić information content (AvgIpc) is 2.74. The van der Waals surface area contributed by atoms with E-state index >= 15 is 0 Å². The first-order valence-electron chi connectivity index (χ1n) is 5.50. The summed E-state index contributed by atoms with van der Waals surface area (Å²) in [5.41, 5.74) is 8.11. The van der Waals surface area contributed by atoms with Crippen LogP contribution >= 0.6 is 27.3 Å². The first kappa shape index (κ1) is 12.4. The van der Waals surface area contributed by atoms with Crippen molar-refractivity contribution in [2.24, 2.45) is 0 Å². The number of benzene rings is 2. The van der Waals surface area contributed by atoms with Gasteiger partial charge < -0.3 is 11.1 Å². The van der Waals surface area contributed by atoms with Crippen LogP contribution in [0.5, 0.6) is 0 Å². The number of nitrogen functional groups attached to an aromatic ring is 1. The third-order valence-electron chi connectivity index (χ3n) is 2.59. The van der Waals surface area contributed by atoms with Crippen molar-refractivity contribution in [3.8, 4) is 0 Å². The van der Waals surface area contributed by atoms with Crippen molar-refractivity contribution in [3.05, 3.63) is 46.7 Å². The zero-order valence-electron chi connectivity index (χ0n) is 9.65. The van der Waals surface area contributed by atoms with Gasteiger partial charge in [-0.25, -0.2) is 9.37 Å². The summed E-state index contributed by atoms with van der Waals surface area (Å²) in [4.78, 5) is 4.45. The van der Waals surface area contributed by atoms with Gasteiger partial charge in [0.1, 0.15) is 5.82 Å². The topological polar surface area (TPSA) is 50.9 Å². The minimum Gasteiger partial charge on any atom is -0.399 e. The molecular formula is C13H9BrFN3S. The van der Waals surface area contributed by atoms with Gasteiger partial charge in [0.05, 0.1) is 15.9 Å². The van der Waals surface area contributed by atoms with Crippen molar-refractivity contribution in [2.75, 3.05) is 11.1 Å². The summed E-state index contributed by atoms with van der Waals surface area (Å²) in [7, 11) is 0. The maximum Gasteiger partial charge on any atom is 0.188 e. The summed E-state index contributed by atoms with van der Waals surface area (Å²) in [5.74, 6) is -0.283. The Morgan fingerprint density at radius 2 is 2.05 bits per heavy atom. The fourth-order valence-electron chi connectivity index (χ4n) is 1.70. The van der Waals surface area contributed by atoms with E-state index in [0.717, 1.165) is 21.0 Å². The van der Waals surface area contributed by atoms with Crippen LogP contribution in [0.15, 0.2) is 40.9 Å². The van der Waals surface area contributed by atoms with E-state index in [1.54, 1.807) is 6.07 Å². The number of nitrogens with zero attached hydrogens (tertiary/aromatic N) is 1. The lowest BCUT2D eigenvalue weighted by molar-refractivity contribution is 0.627. The molecule has 0 saturated carbocycles. The van der Waals surface area contributed by atoms with Gasteiger partial charge in [0.2, 0.25) is 0 Å². The number of rotatable bonds is 2. The molecule has 0 aliphatic carbocycles. The molecule has 0 radical (unpaired) electrons. The SMILES string of the molecule is Nc1ccc2nc(Nc3ccc(F)cc3Br)sc2c1. The number of halogens is 2. The molecule has 1 aromatic heterocycles. The lowest BCUT2D eigenvalue weighted by Crippen LogP contribution is -1.90. The molecule has 19 heavy (non-hydrogen) atoms. The Kier molecular flexibility index (Phi) is 3.12. The summed E-state index contributed by atoms with van der Waals surface area (Å²) in [5, 5.41) is 3.90. The third kappa shape index (κ3) is 2.54. The molecular weight excluding hydrogens is 329 g/mol. The molecule has 1 heterocycles. The van der Waals surface area contributed by atoms with Gasteiger partial charge in [-0.3, -0.25) is 0 Å². The van der Waals surface area contributed by atoms with Crippen LogP contribution in [-0.2, 0) is 0 Å². The first-order valence-corrected chi connectivity index (χ1v) is 7.11. The van der Waals surface area contributed by atoms with E-state index in [1.165, 1.54) is 23.5 Å². The molecule has 0 amide bonds. The highest BCUT2D eigenvalue weighted by molar-refractivity contribution is 9.10. The molecule has 2 aromatic carbocycles. The van der Waals surface area contributed by atoms with Crippen LogP contribution in [0.2, 0.25) is 0 Å². The predicted molar refractivity (Wildman–Crippen MR) is 81.4 cm³/mol. The third-order valence-corrected chi connectivity index (χ3v) is 4.17. The molecule has 6 heteroatoms. The van der Waals surface area contributed by atoms with E-state index in [2.05, 4.69) is 26.2 Å². The van der Waals surface area contributed by atoms with E-state index < -0.39 is 0 Å². The Labute approximate surface area is 121 Å². The van der Waals surface area contributed by atoms with Gasteiger partial charge in [0, 0.05) is 10.2 Å². The highest BCUT2D eigenvalue weighted by atomic mass is 79.9. The first-order chi connectivity index (χ1) is 9.11. The van der Waals surface area contributed by atoms with Crippen LogP contribution in [0.3, 0.4) is 0 Å².